The lowest BCUT2D eigenvalue weighted by atomic mass is 9.77. The summed E-state index contributed by atoms with van der Waals surface area (Å²) in [5.74, 6) is -1.30. The molecule has 31 heavy (non-hydrogen) atoms. The van der Waals surface area contributed by atoms with Gasteiger partial charge in [-0.2, -0.15) is 0 Å². The van der Waals surface area contributed by atoms with Crippen LogP contribution in [0.4, 0.5) is 4.79 Å². The lowest BCUT2D eigenvalue weighted by Crippen LogP contribution is -2.53. The highest BCUT2D eigenvalue weighted by atomic mass is 16.4. The second-order valence-corrected chi connectivity index (χ2v) is 9.11. The van der Waals surface area contributed by atoms with Crippen molar-refractivity contribution in [2.45, 2.75) is 83.6 Å². The minimum atomic E-state index is -0.753. The number of amides is 2. The minimum absolute atomic E-state index is 0.123. The van der Waals surface area contributed by atoms with Gasteiger partial charge >= 0.3 is 18.0 Å². The number of urea groups is 1. The molecule has 178 valence electrons. The molecule has 0 radical (unpaired) electrons. The number of carboxylic acids is 2. The molecule has 0 aromatic rings. The second-order valence-electron chi connectivity index (χ2n) is 9.11. The number of carbonyl (C=O) groups is 3. The molecule has 0 bridgehead atoms. The Kier molecular flexibility index (Phi) is 11.1. The quantitative estimate of drug-likeness (QED) is 0.426. The Morgan fingerprint density at radius 3 is 2.19 bits per heavy atom. The van der Waals surface area contributed by atoms with E-state index in [1.165, 1.54) is 0 Å². The topological polar surface area (TPSA) is 101 Å². The van der Waals surface area contributed by atoms with Crippen LogP contribution in [0, 0.1) is 5.92 Å². The Labute approximate surface area is 186 Å². The maximum atomic E-state index is 13.3. The molecule has 0 atom stereocenters. The van der Waals surface area contributed by atoms with Crippen LogP contribution in [-0.2, 0) is 9.59 Å². The predicted octanol–water partition coefficient (Wildman–Crippen LogP) is 3.50. The first-order valence-electron chi connectivity index (χ1n) is 12.1. The van der Waals surface area contributed by atoms with Gasteiger partial charge in [0.05, 0.1) is 0 Å². The molecule has 0 spiro atoms. The summed E-state index contributed by atoms with van der Waals surface area (Å²) >= 11 is 0. The summed E-state index contributed by atoms with van der Waals surface area (Å²) in [6.45, 7) is 7.40. The van der Waals surface area contributed by atoms with Crippen LogP contribution >= 0.6 is 0 Å². The minimum Gasteiger partial charge on any atom is -0.481 e. The fourth-order valence-electron chi connectivity index (χ4n) is 4.73. The number of nitrogens with zero attached hydrogens (tertiary/aromatic N) is 3. The van der Waals surface area contributed by atoms with Crippen molar-refractivity contribution in [3.63, 3.8) is 0 Å². The summed E-state index contributed by atoms with van der Waals surface area (Å²) in [7, 11) is 0. The smallest absolute Gasteiger partial charge is 0.320 e. The lowest BCUT2D eigenvalue weighted by molar-refractivity contribution is -0.139. The number of carbonyl (C=O) groups excluding carboxylic acids is 1. The summed E-state index contributed by atoms with van der Waals surface area (Å²) in [6.07, 6.45) is 8.77. The first-order valence-corrected chi connectivity index (χ1v) is 12.1. The fourth-order valence-corrected chi connectivity index (χ4v) is 4.73. The van der Waals surface area contributed by atoms with Crippen LogP contribution in [0.2, 0.25) is 0 Å². The molecule has 8 heteroatoms. The van der Waals surface area contributed by atoms with Crippen molar-refractivity contribution in [3.05, 3.63) is 0 Å². The summed E-state index contributed by atoms with van der Waals surface area (Å²) in [5.41, 5.74) is 0. The molecule has 0 aromatic carbocycles. The van der Waals surface area contributed by atoms with Gasteiger partial charge in [-0.15, -0.1) is 0 Å². The molecule has 1 saturated heterocycles. The number of hydrogen-bond donors (Lipinski definition) is 2. The van der Waals surface area contributed by atoms with Crippen molar-refractivity contribution in [2.24, 2.45) is 5.92 Å². The third-order valence-corrected chi connectivity index (χ3v) is 6.71. The molecule has 8 nitrogen and oxygen atoms in total. The molecular weight excluding hydrogens is 398 g/mol. The number of unbranched alkanes of at least 4 members (excludes halogenated alkanes) is 5. The van der Waals surface area contributed by atoms with Crippen molar-refractivity contribution in [1.29, 1.82) is 0 Å². The number of likely N-dealkylation sites (N-methyl/N-ethyl adjacent to an activating group) is 1. The van der Waals surface area contributed by atoms with E-state index in [9.17, 15) is 14.4 Å². The van der Waals surface area contributed by atoms with Crippen LogP contribution in [0.3, 0.4) is 0 Å². The van der Waals surface area contributed by atoms with Crippen molar-refractivity contribution in [3.8, 4) is 0 Å². The molecule has 2 fully saturated rings. The zero-order valence-corrected chi connectivity index (χ0v) is 19.1. The molecule has 0 unspecified atom stereocenters. The highest BCUT2D eigenvalue weighted by Gasteiger charge is 2.38. The van der Waals surface area contributed by atoms with Gasteiger partial charge in [0.15, 0.2) is 0 Å². The third kappa shape index (κ3) is 9.05. The van der Waals surface area contributed by atoms with Gasteiger partial charge < -0.3 is 24.9 Å². The number of hydrogen-bond acceptors (Lipinski definition) is 4. The molecule has 2 N–H and O–H groups in total. The molecule has 2 aliphatic rings. The van der Waals surface area contributed by atoms with E-state index in [4.69, 9.17) is 10.2 Å². The van der Waals surface area contributed by atoms with E-state index in [0.29, 0.717) is 0 Å². The van der Waals surface area contributed by atoms with Crippen LogP contribution in [0.15, 0.2) is 0 Å². The summed E-state index contributed by atoms with van der Waals surface area (Å²) in [4.78, 5) is 41.3. The Morgan fingerprint density at radius 1 is 0.871 bits per heavy atom. The molecule has 1 saturated carbocycles. The Bertz CT molecular complexity index is 580. The van der Waals surface area contributed by atoms with E-state index in [2.05, 4.69) is 11.8 Å². The monoisotopic (exact) mass is 439 g/mol. The molecular formula is C23H41N3O5. The highest BCUT2D eigenvalue weighted by molar-refractivity contribution is 5.75. The highest BCUT2D eigenvalue weighted by Crippen LogP contribution is 2.35. The van der Waals surface area contributed by atoms with Crippen LogP contribution in [0.1, 0.15) is 77.6 Å². The van der Waals surface area contributed by atoms with Crippen molar-refractivity contribution in [2.75, 3.05) is 39.3 Å². The Balaban J connectivity index is 1.80. The Hall–Kier alpha value is -1.83. The average molecular weight is 440 g/mol. The van der Waals surface area contributed by atoms with E-state index in [1.54, 1.807) is 0 Å². The van der Waals surface area contributed by atoms with Crippen LogP contribution in [0.5, 0.6) is 0 Å². The van der Waals surface area contributed by atoms with Crippen LogP contribution in [0.25, 0.3) is 0 Å². The second kappa shape index (κ2) is 13.6. The van der Waals surface area contributed by atoms with Gasteiger partial charge in [0, 0.05) is 45.1 Å². The van der Waals surface area contributed by atoms with E-state index in [-0.39, 0.29) is 30.8 Å². The van der Waals surface area contributed by atoms with E-state index >= 15 is 0 Å². The van der Waals surface area contributed by atoms with Crippen molar-refractivity contribution < 1.29 is 24.6 Å². The van der Waals surface area contributed by atoms with Crippen LogP contribution < -0.4 is 0 Å². The predicted molar refractivity (Wildman–Crippen MR) is 119 cm³/mol. The van der Waals surface area contributed by atoms with Gasteiger partial charge in [-0.3, -0.25) is 9.59 Å². The van der Waals surface area contributed by atoms with Gasteiger partial charge in [0.2, 0.25) is 0 Å². The van der Waals surface area contributed by atoms with Crippen molar-refractivity contribution in [1.82, 2.24) is 14.7 Å². The molecule has 1 heterocycles. The lowest BCUT2D eigenvalue weighted by Gasteiger charge is -2.44. The maximum absolute atomic E-state index is 13.3. The Morgan fingerprint density at radius 2 is 1.55 bits per heavy atom. The standard InChI is InChI=1S/C23H41N3O5/c1-2-24-11-9-12-25(15-14-24)23(31)26(20-16-19(17-20)18-22(29)30)13-8-6-4-3-5-7-10-21(27)28/h19-20H,2-18H2,1H3,(H,27,28)(H,29,30). The van der Waals surface area contributed by atoms with E-state index < -0.39 is 11.9 Å². The zero-order chi connectivity index (χ0) is 22.6. The maximum Gasteiger partial charge on any atom is 0.320 e. The number of rotatable bonds is 13. The van der Waals surface area contributed by atoms with Crippen molar-refractivity contribution >= 4 is 18.0 Å². The largest absolute Gasteiger partial charge is 0.481 e. The SMILES string of the molecule is CCN1CCCN(C(=O)N(CCCCCCCCC(=O)O)C2CC(CC(=O)O)C2)CC1. The third-order valence-electron chi connectivity index (χ3n) is 6.71. The molecule has 2 amide bonds. The zero-order valence-electron chi connectivity index (χ0n) is 19.1. The fraction of sp³-hybridized carbons (Fsp3) is 0.870. The number of carboxylic acid groups (broad SMARTS) is 2. The summed E-state index contributed by atoms with van der Waals surface area (Å²) in [5, 5.41) is 17.7. The van der Waals surface area contributed by atoms with Gasteiger partial charge in [-0.25, -0.2) is 4.79 Å². The van der Waals surface area contributed by atoms with Gasteiger partial charge in [-0.1, -0.05) is 32.6 Å². The first kappa shape index (κ1) is 25.4. The average Bonchev–Trinajstić information content (AvgIpc) is 2.95. The molecule has 2 rings (SSSR count). The first-order chi connectivity index (χ1) is 14.9. The molecule has 0 aromatic heterocycles. The van der Waals surface area contributed by atoms with E-state index in [0.717, 1.165) is 97.1 Å². The van der Waals surface area contributed by atoms with E-state index in [1.807, 2.05) is 9.80 Å². The van der Waals surface area contributed by atoms with Gasteiger partial charge in [0.1, 0.15) is 0 Å². The molecule has 1 aliphatic heterocycles. The number of aliphatic carboxylic acids is 2. The summed E-state index contributed by atoms with van der Waals surface area (Å²) in [6, 6.07) is 0.288. The van der Waals surface area contributed by atoms with Crippen LogP contribution in [-0.4, -0.2) is 88.2 Å². The van der Waals surface area contributed by atoms with Gasteiger partial charge in [0.25, 0.3) is 0 Å². The summed E-state index contributed by atoms with van der Waals surface area (Å²) < 4.78 is 0. The normalized spacial score (nSPS) is 21.9. The molecule has 1 aliphatic carbocycles. The van der Waals surface area contributed by atoms with Gasteiger partial charge in [-0.05, 0) is 51.1 Å².